The molecule has 2 nitrogen and oxygen atoms in total. The van der Waals surface area contributed by atoms with Gasteiger partial charge in [0.2, 0.25) is 0 Å². The number of nitrogens with one attached hydrogen (secondary N) is 1. The maximum absolute atomic E-state index is 5.08. The molecule has 0 aliphatic heterocycles. The Morgan fingerprint density at radius 1 is 0.952 bits per heavy atom. The molecule has 0 spiro atoms. The molecule has 0 radical (unpaired) electrons. The second-order valence-corrected chi connectivity index (χ2v) is 7.88. The number of hydrogen-bond acceptors (Lipinski definition) is 1. The van der Waals surface area contributed by atoms with E-state index in [1.54, 1.807) is 0 Å². The quantitative estimate of drug-likeness (QED) is 0.662. The molecule has 1 unspecified atom stereocenters. The van der Waals surface area contributed by atoms with Crippen LogP contribution in [0.4, 0.5) is 0 Å². The number of aromatic nitrogens is 2. The van der Waals surface area contributed by atoms with Crippen LogP contribution in [0.25, 0.3) is 0 Å². The number of hydrogen-bond donors (Lipinski definition) is 1. The molecular formula is C19H36N2. The summed E-state index contributed by atoms with van der Waals surface area (Å²) >= 11 is 0. The van der Waals surface area contributed by atoms with Crippen LogP contribution in [0, 0.1) is 5.92 Å². The molecule has 0 saturated heterocycles. The number of imidazole rings is 1. The van der Waals surface area contributed by atoms with Crippen molar-refractivity contribution in [3.05, 3.63) is 17.2 Å². The first-order chi connectivity index (χ1) is 9.62. The standard InChI is InChI=1S/C19H36N2/c1-10-18(7,8)15-16(19(9,11-2)12-3)21-17(20-15)14(6)13(4)5/h13-14H,10-12H2,1-9H3,(H,20,21). The van der Waals surface area contributed by atoms with E-state index in [9.17, 15) is 0 Å². The van der Waals surface area contributed by atoms with Gasteiger partial charge in [-0.1, -0.05) is 62.3 Å². The van der Waals surface area contributed by atoms with Gasteiger partial charge >= 0.3 is 0 Å². The van der Waals surface area contributed by atoms with Crippen molar-refractivity contribution in [2.75, 3.05) is 0 Å². The summed E-state index contributed by atoms with van der Waals surface area (Å²) in [5, 5.41) is 0. The maximum Gasteiger partial charge on any atom is 0.109 e. The molecule has 1 aromatic rings. The van der Waals surface area contributed by atoms with Gasteiger partial charge in [-0.05, 0) is 25.2 Å². The van der Waals surface area contributed by atoms with Gasteiger partial charge < -0.3 is 4.98 Å². The van der Waals surface area contributed by atoms with E-state index in [4.69, 9.17) is 4.98 Å². The number of rotatable bonds is 7. The van der Waals surface area contributed by atoms with Gasteiger partial charge in [-0.15, -0.1) is 0 Å². The molecule has 1 aromatic heterocycles. The van der Waals surface area contributed by atoms with Crippen LogP contribution in [0.3, 0.4) is 0 Å². The van der Waals surface area contributed by atoms with Crippen molar-refractivity contribution in [3.8, 4) is 0 Å². The highest BCUT2D eigenvalue weighted by Gasteiger charge is 2.35. The van der Waals surface area contributed by atoms with Crippen LogP contribution in [-0.2, 0) is 10.8 Å². The summed E-state index contributed by atoms with van der Waals surface area (Å²) in [6.07, 6.45) is 3.41. The minimum atomic E-state index is 0.131. The highest BCUT2D eigenvalue weighted by Crippen LogP contribution is 2.39. The molecule has 2 heteroatoms. The highest BCUT2D eigenvalue weighted by atomic mass is 15.0. The third-order valence-electron chi connectivity index (χ3n) is 5.84. The lowest BCUT2D eigenvalue weighted by Crippen LogP contribution is -2.27. The van der Waals surface area contributed by atoms with Crippen LogP contribution < -0.4 is 0 Å². The van der Waals surface area contributed by atoms with Crippen molar-refractivity contribution in [1.82, 2.24) is 9.97 Å². The van der Waals surface area contributed by atoms with Crippen molar-refractivity contribution < 1.29 is 0 Å². The Morgan fingerprint density at radius 3 is 1.86 bits per heavy atom. The van der Waals surface area contributed by atoms with Crippen LogP contribution in [-0.4, -0.2) is 9.97 Å². The summed E-state index contributed by atoms with van der Waals surface area (Å²) < 4.78 is 0. The number of H-pyrrole nitrogens is 1. The molecule has 1 rings (SSSR count). The first-order valence-electron chi connectivity index (χ1n) is 8.73. The fourth-order valence-corrected chi connectivity index (χ4v) is 2.62. The summed E-state index contributed by atoms with van der Waals surface area (Å²) in [7, 11) is 0. The molecule has 1 atom stereocenters. The van der Waals surface area contributed by atoms with Gasteiger partial charge in [-0.2, -0.15) is 0 Å². The predicted molar refractivity (Wildman–Crippen MR) is 93.1 cm³/mol. The van der Waals surface area contributed by atoms with E-state index >= 15 is 0 Å². The Balaban J connectivity index is 3.46. The van der Waals surface area contributed by atoms with Crippen molar-refractivity contribution >= 4 is 0 Å². The fraction of sp³-hybridized carbons (Fsp3) is 0.842. The average Bonchev–Trinajstić information content (AvgIpc) is 2.91. The Hall–Kier alpha value is -0.790. The number of nitrogens with zero attached hydrogens (tertiary/aromatic N) is 1. The van der Waals surface area contributed by atoms with E-state index in [0.717, 1.165) is 19.3 Å². The molecule has 0 saturated carbocycles. The second-order valence-electron chi connectivity index (χ2n) is 7.88. The first kappa shape index (κ1) is 18.3. The molecule has 0 aliphatic carbocycles. The molecule has 0 amide bonds. The molecule has 0 aromatic carbocycles. The van der Waals surface area contributed by atoms with E-state index in [1.807, 2.05) is 0 Å². The smallest absolute Gasteiger partial charge is 0.109 e. The summed E-state index contributed by atoms with van der Waals surface area (Å²) in [6.45, 7) is 20.7. The normalized spacial score (nSPS) is 14.8. The number of aromatic amines is 1. The SMILES string of the molecule is CCC(C)(C)c1nc(C(C)C(C)C)[nH]c1C(C)(CC)CC. The largest absolute Gasteiger partial charge is 0.345 e. The lowest BCUT2D eigenvalue weighted by molar-refractivity contribution is 0.402. The van der Waals surface area contributed by atoms with Crippen LogP contribution in [0.1, 0.15) is 105 Å². The zero-order chi connectivity index (χ0) is 16.4. The van der Waals surface area contributed by atoms with Crippen LogP contribution in [0.2, 0.25) is 0 Å². The second kappa shape index (κ2) is 6.54. The summed E-state index contributed by atoms with van der Waals surface area (Å²) in [5.41, 5.74) is 3.00. The monoisotopic (exact) mass is 292 g/mol. The van der Waals surface area contributed by atoms with E-state index in [-0.39, 0.29) is 10.8 Å². The maximum atomic E-state index is 5.08. The molecule has 0 aliphatic rings. The van der Waals surface area contributed by atoms with Crippen LogP contribution in [0.5, 0.6) is 0 Å². The molecule has 122 valence electrons. The van der Waals surface area contributed by atoms with Crippen LogP contribution >= 0.6 is 0 Å². The third kappa shape index (κ3) is 3.52. The Morgan fingerprint density at radius 2 is 1.48 bits per heavy atom. The Kier molecular flexibility index (Phi) is 5.69. The Labute approximate surface area is 132 Å². The molecule has 1 N–H and O–H groups in total. The topological polar surface area (TPSA) is 28.7 Å². The van der Waals surface area contributed by atoms with Gasteiger partial charge in [0.1, 0.15) is 5.82 Å². The predicted octanol–water partition coefficient (Wildman–Crippen LogP) is 5.93. The summed E-state index contributed by atoms with van der Waals surface area (Å²) in [6, 6.07) is 0. The minimum absolute atomic E-state index is 0.131. The lowest BCUT2D eigenvalue weighted by atomic mass is 9.75. The highest BCUT2D eigenvalue weighted by molar-refractivity contribution is 5.30. The summed E-state index contributed by atoms with van der Waals surface area (Å²) in [5.74, 6) is 2.25. The Bertz CT molecular complexity index is 450. The molecular weight excluding hydrogens is 256 g/mol. The van der Waals surface area contributed by atoms with Gasteiger partial charge in [0.15, 0.2) is 0 Å². The van der Waals surface area contributed by atoms with Crippen LogP contribution in [0.15, 0.2) is 0 Å². The fourth-order valence-electron chi connectivity index (χ4n) is 2.62. The first-order valence-corrected chi connectivity index (χ1v) is 8.73. The zero-order valence-electron chi connectivity index (χ0n) is 15.7. The van der Waals surface area contributed by atoms with Crippen molar-refractivity contribution in [2.45, 2.75) is 98.3 Å². The van der Waals surface area contributed by atoms with Gasteiger partial charge in [0.25, 0.3) is 0 Å². The summed E-state index contributed by atoms with van der Waals surface area (Å²) in [4.78, 5) is 8.82. The molecule has 0 fully saturated rings. The molecule has 0 bridgehead atoms. The van der Waals surface area contributed by atoms with E-state index in [1.165, 1.54) is 17.2 Å². The van der Waals surface area contributed by atoms with Gasteiger partial charge in [-0.25, -0.2) is 4.98 Å². The van der Waals surface area contributed by atoms with Crippen molar-refractivity contribution in [2.24, 2.45) is 5.92 Å². The molecule has 21 heavy (non-hydrogen) atoms. The van der Waals surface area contributed by atoms with E-state index < -0.39 is 0 Å². The lowest BCUT2D eigenvalue weighted by Gasteiger charge is -2.31. The van der Waals surface area contributed by atoms with Crippen molar-refractivity contribution in [1.29, 1.82) is 0 Å². The van der Waals surface area contributed by atoms with E-state index in [0.29, 0.717) is 11.8 Å². The van der Waals surface area contributed by atoms with Gasteiger partial charge in [0.05, 0.1) is 5.69 Å². The van der Waals surface area contributed by atoms with Gasteiger partial charge in [0, 0.05) is 22.4 Å². The minimum Gasteiger partial charge on any atom is -0.345 e. The zero-order valence-corrected chi connectivity index (χ0v) is 15.7. The third-order valence-corrected chi connectivity index (χ3v) is 5.84. The molecule has 1 heterocycles. The van der Waals surface area contributed by atoms with E-state index in [2.05, 4.69) is 67.3 Å². The van der Waals surface area contributed by atoms with Gasteiger partial charge in [-0.3, -0.25) is 0 Å². The average molecular weight is 293 g/mol. The van der Waals surface area contributed by atoms with Crippen molar-refractivity contribution in [3.63, 3.8) is 0 Å².